The van der Waals surface area contributed by atoms with Crippen LogP contribution in [0, 0.1) is 0 Å². The minimum absolute atomic E-state index is 0.0321. The number of amides is 1. The van der Waals surface area contributed by atoms with Gasteiger partial charge in [-0.05, 0) is 18.9 Å². The zero-order valence-electron chi connectivity index (χ0n) is 9.84. The number of rotatable bonds is 5. The number of aliphatic carboxylic acids is 1. The Morgan fingerprint density at radius 1 is 1.37 bits per heavy atom. The highest BCUT2D eigenvalue weighted by Gasteiger charge is 2.34. The number of aromatic nitrogens is 2. The second-order valence-corrected chi connectivity index (χ2v) is 4.99. The van der Waals surface area contributed by atoms with Crippen molar-refractivity contribution in [3.8, 4) is 0 Å². The van der Waals surface area contributed by atoms with Crippen LogP contribution in [-0.4, -0.2) is 44.7 Å². The first-order chi connectivity index (χ1) is 8.99. The standard InChI is InChI=1S/C11H11Cl2N3O3/c12-8-5-7(10(13)15-14-8)11(19)16(6-1-2-6)4-3-9(17)18/h5-6H,1-4H2,(H,17,18). The fraction of sp³-hybridized carbons (Fsp3) is 0.455. The molecule has 102 valence electrons. The number of nitrogens with zero attached hydrogens (tertiary/aromatic N) is 3. The van der Waals surface area contributed by atoms with Crippen LogP contribution >= 0.6 is 23.2 Å². The summed E-state index contributed by atoms with van der Waals surface area (Å²) in [4.78, 5) is 24.5. The Kier molecular flexibility index (Phi) is 4.21. The zero-order chi connectivity index (χ0) is 14.0. The van der Waals surface area contributed by atoms with Crippen LogP contribution in [-0.2, 0) is 4.79 Å². The van der Waals surface area contributed by atoms with Crippen LogP contribution in [0.5, 0.6) is 0 Å². The average Bonchev–Trinajstić information content (AvgIpc) is 3.16. The molecule has 2 rings (SSSR count). The van der Waals surface area contributed by atoms with E-state index in [1.165, 1.54) is 11.0 Å². The van der Waals surface area contributed by atoms with Crippen LogP contribution in [0.4, 0.5) is 0 Å². The van der Waals surface area contributed by atoms with Gasteiger partial charge in [-0.25, -0.2) is 0 Å². The van der Waals surface area contributed by atoms with Gasteiger partial charge in [0.05, 0.1) is 12.0 Å². The van der Waals surface area contributed by atoms with Crippen LogP contribution in [0.15, 0.2) is 6.07 Å². The zero-order valence-corrected chi connectivity index (χ0v) is 11.4. The lowest BCUT2D eigenvalue weighted by Crippen LogP contribution is -2.35. The third-order valence-electron chi connectivity index (χ3n) is 2.76. The van der Waals surface area contributed by atoms with Crippen molar-refractivity contribution in [3.05, 3.63) is 21.9 Å². The molecule has 1 saturated carbocycles. The van der Waals surface area contributed by atoms with Crippen LogP contribution in [0.25, 0.3) is 0 Å². The second-order valence-electron chi connectivity index (χ2n) is 4.25. The van der Waals surface area contributed by atoms with Crippen molar-refractivity contribution in [2.75, 3.05) is 6.54 Å². The molecule has 0 unspecified atom stereocenters. The number of halogens is 2. The van der Waals surface area contributed by atoms with Crippen LogP contribution in [0.1, 0.15) is 29.6 Å². The highest BCUT2D eigenvalue weighted by molar-refractivity contribution is 6.34. The molecule has 0 radical (unpaired) electrons. The smallest absolute Gasteiger partial charge is 0.305 e. The summed E-state index contributed by atoms with van der Waals surface area (Å²) < 4.78 is 0. The number of carboxylic acids is 1. The van der Waals surface area contributed by atoms with Gasteiger partial charge < -0.3 is 10.0 Å². The lowest BCUT2D eigenvalue weighted by Gasteiger charge is -2.21. The first kappa shape index (κ1) is 14.0. The first-order valence-electron chi connectivity index (χ1n) is 5.70. The predicted molar refractivity (Wildman–Crippen MR) is 68.4 cm³/mol. The molecule has 6 nitrogen and oxygen atoms in total. The minimum Gasteiger partial charge on any atom is -0.481 e. The maximum absolute atomic E-state index is 12.3. The molecule has 0 bridgehead atoms. The van der Waals surface area contributed by atoms with Crippen molar-refractivity contribution in [1.82, 2.24) is 15.1 Å². The van der Waals surface area contributed by atoms with Crippen molar-refractivity contribution < 1.29 is 14.7 Å². The van der Waals surface area contributed by atoms with Crippen LogP contribution in [0.2, 0.25) is 10.3 Å². The minimum atomic E-state index is -0.949. The quantitative estimate of drug-likeness (QED) is 0.897. The van der Waals surface area contributed by atoms with Gasteiger partial charge in [0, 0.05) is 12.6 Å². The third kappa shape index (κ3) is 3.54. The summed E-state index contributed by atoms with van der Waals surface area (Å²) in [5.41, 5.74) is 0.152. The molecule has 1 amide bonds. The molecule has 0 atom stereocenters. The van der Waals surface area contributed by atoms with E-state index in [1.54, 1.807) is 0 Å². The number of carboxylic acid groups (broad SMARTS) is 1. The molecule has 1 aromatic rings. The van der Waals surface area contributed by atoms with Gasteiger partial charge in [0.25, 0.3) is 5.91 Å². The Labute approximate surface area is 119 Å². The third-order valence-corrected chi connectivity index (χ3v) is 3.23. The van der Waals surface area contributed by atoms with Crippen molar-refractivity contribution in [1.29, 1.82) is 0 Å². The Hall–Kier alpha value is -1.40. The van der Waals surface area contributed by atoms with Gasteiger partial charge >= 0.3 is 5.97 Å². The molecule has 19 heavy (non-hydrogen) atoms. The predicted octanol–water partition coefficient (Wildman–Crippen LogP) is 1.86. The monoisotopic (exact) mass is 303 g/mol. The molecule has 1 heterocycles. The molecule has 1 aromatic heterocycles. The lowest BCUT2D eigenvalue weighted by molar-refractivity contribution is -0.137. The Morgan fingerprint density at radius 3 is 2.63 bits per heavy atom. The second kappa shape index (κ2) is 5.71. The maximum atomic E-state index is 12.3. The van der Waals surface area contributed by atoms with Crippen LogP contribution < -0.4 is 0 Å². The molecule has 1 N–H and O–H groups in total. The summed E-state index contributed by atoms with van der Waals surface area (Å²) in [6.07, 6.45) is 1.64. The number of carbonyl (C=O) groups is 2. The van der Waals surface area contributed by atoms with E-state index < -0.39 is 5.97 Å². The van der Waals surface area contributed by atoms with Gasteiger partial charge in [-0.15, -0.1) is 10.2 Å². The van der Waals surface area contributed by atoms with Gasteiger partial charge in [0.15, 0.2) is 10.3 Å². The van der Waals surface area contributed by atoms with Gasteiger partial charge in [-0.2, -0.15) is 0 Å². The fourth-order valence-corrected chi connectivity index (χ4v) is 2.03. The van der Waals surface area contributed by atoms with Crippen molar-refractivity contribution in [2.45, 2.75) is 25.3 Å². The van der Waals surface area contributed by atoms with Crippen molar-refractivity contribution >= 4 is 35.1 Å². The number of carbonyl (C=O) groups excluding carboxylic acids is 1. The van der Waals surface area contributed by atoms with E-state index in [-0.39, 0.29) is 40.8 Å². The SMILES string of the molecule is O=C(O)CCN(C(=O)c1cc(Cl)nnc1Cl)C1CC1. The van der Waals surface area contributed by atoms with E-state index in [4.69, 9.17) is 28.3 Å². The Bertz CT molecular complexity index is 520. The molecular weight excluding hydrogens is 293 g/mol. The van der Waals surface area contributed by atoms with Crippen LogP contribution in [0.3, 0.4) is 0 Å². The summed E-state index contributed by atoms with van der Waals surface area (Å²) in [5.74, 6) is -1.30. The summed E-state index contributed by atoms with van der Waals surface area (Å²) in [5, 5.41) is 15.9. The van der Waals surface area contributed by atoms with Crippen molar-refractivity contribution in [2.24, 2.45) is 0 Å². The summed E-state index contributed by atoms with van der Waals surface area (Å²) in [6.45, 7) is 0.148. The van der Waals surface area contributed by atoms with E-state index in [0.717, 1.165) is 12.8 Å². The van der Waals surface area contributed by atoms with Gasteiger partial charge in [0.1, 0.15) is 0 Å². The Morgan fingerprint density at radius 2 is 2.05 bits per heavy atom. The highest BCUT2D eigenvalue weighted by atomic mass is 35.5. The van der Waals surface area contributed by atoms with Gasteiger partial charge in [0.2, 0.25) is 0 Å². The summed E-state index contributed by atoms with van der Waals surface area (Å²) in [7, 11) is 0. The van der Waals surface area contributed by atoms with E-state index in [0.29, 0.717) is 0 Å². The fourth-order valence-electron chi connectivity index (χ4n) is 1.71. The van der Waals surface area contributed by atoms with E-state index in [1.807, 2.05) is 0 Å². The molecule has 1 fully saturated rings. The van der Waals surface area contributed by atoms with E-state index in [2.05, 4.69) is 10.2 Å². The summed E-state index contributed by atoms with van der Waals surface area (Å²) in [6, 6.07) is 1.42. The molecular formula is C11H11Cl2N3O3. The van der Waals surface area contributed by atoms with Gasteiger partial charge in [-0.3, -0.25) is 9.59 Å². The summed E-state index contributed by atoms with van der Waals surface area (Å²) >= 11 is 11.5. The first-order valence-corrected chi connectivity index (χ1v) is 6.46. The largest absolute Gasteiger partial charge is 0.481 e. The molecule has 0 aliphatic heterocycles. The molecule has 8 heteroatoms. The maximum Gasteiger partial charge on any atom is 0.305 e. The van der Waals surface area contributed by atoms with E-state index >= 15 is 0 Å². The highest BCUT2D eigenvalue weighted by Crippen LogP contribution is 2.29. The number of hydrogen-bond acceptors (Lipinski definition) is 4. The lowest BCUT2D eigenvalue weighted by atomic mass is 10.2. The van der Waals surface area contributed by atoms with Crippen molar-refractivity contribution in [3.63, 3.8) is 0 Å². The molecule has 0 spiro atoms. The molecule has 1 aliphatic carbocycles. The molecule has 0 saturated heterocycles. The van der Waals surface area contributed by atoms with E-state index in [9.17, 15) is 9.59 Å². The van der Waals surface area contributed by atoms with Gasteiger partial charge in [-0.1, -0.05) is 23.2 Å². The Balaban J connectivity index is 2.18. The normalized spacial score (nSPS) is 14.2. The average molecular weight is 304 g/mol. The topological polar surface area (TPSA) is 83.4 Å². The number of hydrogen-bond donors (Lipinski definition) is 1. The molecule has 1 aliphatic rings. The molecule has 0 aromatic carbocycles.